The number of rotatable bonds is 8. The number of Topliss-reactive ketones (excluding diaryl/α,β-unsaturated/α-hetero) is 1. The van der Waals surface area contributed by atoms with Crippen LogP contribution in [0, 0.1) is 5.92 Å². The molecule has 3 atom stereocenters. The lowest BCUT2D eigenvalue weighted by Crippen LogP contribution is -2.64. The van der Waals surface area contributed by atoms with E-state index in [1.807, 2.05) is 6.92 Å². The van der Waals surface area contributed by atoms with E-state index in [2.05, 4.69) is 45.8 Å². The molecule has 0 spiro atoms. The van der Waals surface area contributed by atoms with E-state index in [1.165, 1.54) is 24.3 Å². The van der Waals surface area contributed by atoms with Crippen LogP contribution in [0.3, 0.4) is 0 Å². The van der Waals surface area contributed by atoms with E-state index in [0.29, 0.717) is 5.56 Å². The van der Waals surface area contributed by atoms with Gasteiger partial charge in [0.2, 0.25) is 5.91 Å². The van der Waals surface area contributed by atoms with Crippen LogP contribution in [0.5, 0.6) is 0 Å². The predicted octanol–water partition coefficient (Wildman–Crippen LogP) is 3.86. The zero-order chi connectivity index (χ0) is 25.4. The number of hydrogen-bond acceptors (Lipinski definition) is 7. The highest BCUT2D eigenvalue weighted by atomic mass is 28.4. The molecule has 1 fully saturated rings. The highest BCUT2D eigenvalue weighted by Gasteiger charge is 2.47. The summed E-state index contributed by atoms with van der Waals surface area (Å²) in [5, 5.41) is 2.81. The molecule has 2 aromatic rings. The Kier molecular flexibility index (Phi) is 7.04. The molecule has 3 rings (SSSR count). The second kappa shape index (κ2) is 9.34. The molecule has 9 nitrogen and oxygen atoms in total. The lowest BCUT2D eigenvalue weighted by Gasteiger charge is -2.45. The Bertz CT molecular complexity index is 1190. The van der Waals surface area contributed by atoms with Crippen molar-refractivity contribution in [1.82, 2.24) is 9.88 Å². The molecule has 0 saturated carbocycles. The summed E-state index contributed by atoms with van der Waals surface area (Å²) < 4.78 is 17.2. The van der Waals surface area contributed by atoms with Crippen molar-refractivity contribution < 1.29 is 28.0 Å². The molecule has 1 saturated heterocycles. The monoisotopic (exact) mass is 488 g/mol. The van der Waals surface area contributed by atoms with Crippen molar-refractivity contribution in [3.05, 3.63) is 47.0 Å². The fourth-order valence-electron chi connectivity index (χ4n) is 3.77. The Morgan fingerprint density at radius 1 is 1.29 bits per heavy atom. The Hall–Kier alpha value is -2.98. The normalized spacial score (nSPS) is 19.3. The first-order chi connectivity index (χ1) is 15.8. The summed E-state index contributed by atoms with van der Waals surface area (Å²) in [6, 6.07) is 4.05. The number of oxazole rings is 1. The molecule has 1 aromatic carbocycles. The quantitative estimate of drug-likeness (QED) is 0.259. The summed E-state index contributed by atoms with van der Waals surface area (Å²) in [7, 11) is -2.08. The molecule has 1 amide bonds. The standard InChI is InChI=1S/C24H32N2O7Si/c1-8-11-31-22(29)26-17-10-9-15(12-19(17)32-23(26)30)18(27)13-16-20(21(28)25-16)14(2)33-34(6,7)24(3,4)5/h8-10,12,14,16,20H,1,11,13H2,2-7H3,(H,25,28)/t14-,16-,20-/m1/s1. The molecular formula is C24H32N2O7Si. The summed E-state index contributed by atoms with van der Waals surface area (Å²) in [6.07, 6.45) is 0.258. The van der Waals surface area contributed by atoms with Crippen LogP contribution in [0.1, 0.15) is 44.5 Å². The third kappa shape index (κ3) is 4.92. The van der Waals surface area contributed by atoms with Crippen LogP contribution < -0.4 is 11.1 Å². The summed E-state index contributed by atoms with van der Waals surface area (Å²) in [4.78, 5) is 49.5. The molecule has 2 heterocycles. The number of carbonyl (C=O) groups excluding carboxylic acids is 3. The maximum atomic E-state index is 13.0. The summed E-state index contributed by atoms with van der Waals surface area (Å²) >= 11 is 0. The van der Waals surface area contributed by atoms with E-state index < -0.39 is 26.1 Å². The molecule has 34 heavy (non-hydrogen) atoms. The number of aromatic nitrogens is 1. The van der Waals surface area contributed by atoms with E-state index >= 15 is 0 Å². The smallest absolute Gasteiger partial charge is 0.429 e. The predicted molar refractivity (Wildman–Crippen MR) is 130 cm³/mol. The van der Waals surface area contributed by atoms with Crippen molar-refractivity contribution in [2.45, 2.75) is 64.4 Å². The van der Waals surface area contributed by atoms with Gasteiger partial charge >= 0.3 is 11.8 Å². The molecule has 184 valence electrons. The third-order valence-corrected chi connectivity index (χ3v) is 11.2. The van der Waals surface area contributed by atoms with Crippen LogP contribution in [0.4, 0.5) is 4.79 Å². The number of benzene rings is 1. The third-order valence-electron chi connectivity index (χ3n) is 6.67. The largest absolute Gasteiger partial charge is 0.445 e. The van der Waals surface area contributed by atoms with Crippen molar-refractivity contribution >= 4 is 37.2 Å². The van der Waals surface area contributed by atoms with Gasteiger partial charge in [-0.3, -0.25) is 9.59 Å². The van der Waals surface area contributed by atoms with Crippen molar-refractivity contribution in [3.8, 4) is 0 Å². The number of nitrogens with one attached hydrogen (secondary N) is 1. The molecular weight excluding hydrogens is 456 g/mol. The molecule has 1 N–H and O–H groups in total. The summed E-state index contributed by atoms with van der Waals surface area (Å²) in [5.41, 5.74) is 0.600. The van der Waals surface area contributed by atoms with Crippen molar-refractivity contribution in [3.63, 3.8) is 0 Å². The first kappa shape index (κ1) is 25.6. The number of hydrogen-bond donors (Lipinski definition) is 1. The molecule has 0 radical (unpaired) electrons. The number of fused-ring (bicyclic) bond motifs is 1. The zero-order valence-electron chi connectivity index (χ0n) is 20.5. The zero-order valence-corrected chi connectivity index (χ0v) is 21.5. The van der Waals surface area contributed by atoms with E-state index in [4.69, 9.17) is 13.6 Å². The number of ether oxygens (including phenoxy) is 1. The fourth-order valence-corrected chi connectivity index (χ4v) is 5.20. The highest BCUT2D eigenvalue weighted by molar-refractivity contribution is 6.74. The van der Waals surface area contributed by atoms with Gasteiger partial charge in [-0.15, -0.1) is 0 Å². The number of carbonyl (C=O) groups is 3. The minimum Gasteiger partial charge on any atom is -0.445 e. The first-order valence-corrected chi connectivity index (χ1v) is 14.1. The van der Waals surface area contributed by atoms with Gasteiger partial charge in [-0.2, -0.15) is 4.57 Å². The average Bonchev–Trinajstić information content (AvgIpc) is 3.04. The number of ketones is 1. The lowest BCUT2D eigenvalue weighted by atomic mass is 9.82. The van der Waals surface area contributed by atoms with Gasteiger partial charge in [0.1, 0.15) is 12.1 Å². The second-order valence-electron chi connectivity index (χ2n) is 10.1. The van der Waals surface area contributed by atoms with Gasteiger partial charge in [0, 0.05) is 12.0 Å². The van der Waals surface area contributed by atoms with Crippen LogP contribution in [0.2, 0.25) is 18.1 Å². The number of amides is 1. The maximum Gasteiger partial charge on any atom is 0.429 e. The van der Waals surface area contributed by atoms with E-state index in [1.54, 1.807) is 0 Å². The van der Waals surface area contributed by atoms with Gasteiger partial charge in [-0.25, -0.2) is 9.59 Å². The topological polar surface area (TPSA) is 117 Å². The molecule has 1 aromatic heterocycles. The SMILES string of the molecule is C=CCOC(=O)n1c(=O)oc2cc(C(=O)C[C@H]3NC(=O)[C@@H]3[C@@H](C)O[Si](C)(C)C(C)(C)C)ccc21. The van der Waals surface area contributed by atoms with E-state index in [0.717, 1.165) is 4.57 Å². The lowest BCUT2D eigenvalue weighted by molar-refractivity contribution is -0.139. The van der Waals surface area contributed by atoms with Gasteiger partial charge < -0.3 is 18.9 Å². The number of nitrogens with zero attached hydrogens (tertiary/aromatic N) is 1. The van der Waals surface area contributed by atoms with Gasteiger partial charge in [0.25, 0.3) is 0 Å². The van der Waals surface area contributed by atoms with Gasteiger partial charge in [-0.05, 0) is 43.3 Å². The van der Waals surface area contributed by atoms with Crippen LogP contribution in [-0.2, 0) is 14.0 Å². The van der Waals surface area contributed by atoms with E-state index in [-0.39, 0.29) is 53.0 Å². The van der Waals surface area contributed by atoms with Crippen molar-refractivity contribution in [1.29, 1.82) is 0 Å². The Balaban J connectivity index is 1.74. The molecule has 0 bridgehead atoms. The second-order valence-corrected chi connectivity index (χ2v) is 14.9. The fraction of sp³-hybridized carbons (Fsp3) is 0.500. The van der Waals surface area contributed by atoms with Crippen LogP contribution in [-0.4, -0.2) is 49.4 Å². The molecule has 0 aliphatic carbocycles. The van der Waals surface area contributed by atoms with Gasteiger partial charge in [-0.1, -0.05) is 33.4 Å². The minimum atomic E-state index is -2.08. The minimum absolute atomic E-state index is 0.000636. The average molecular weight is 489 g/mol. The van der Waals surface area contributed by atoms with Gasteiger partial charge in [0.15, 0.2) is 19.7 Å². The first-order valence-electron chi connectivity index (χ1n) is 11.2. The highest BCUT2D eigenvalue weighted by Crippen LogP contribution is 2.39. The van der Waals surface area contributed by atoms with Crippen molar-refractivity contribution in [2.75, 3.05) is 6.61 Å². The molecule has 1 aliphatic rings. The van der Waals surface area contributed by atoms with E-state index in [9.17, 15) is 19.2 Å². The summed E-state index contributed by atoms with van der Waals surface area (Å²) in [6.45, 7) is 15.9. The van der Waals surface area contributed by atoms with Crippen LogP contribution in [0.25, 0.3) is 11.1 Å². The van der Waals surface area contributed by atoms with Crippen LogP contribution >= 0.6 is 0 Å². The molecule has 0 unspecified atom stereocenters. The maximum absolute atomic E-state index is 13.0. The van der Waals surface area contributed by atoms with Crippen LogP contribution in [0.15, 0.2) is 40.1 Å². The Labute approximate surface area is 199 Å². The van der Waals surface area contributed by atoms with Crippen molar-refractivity contribution in [2.24, 2.45) is 5.92 Å². The van der Waals surface area contributed by atoms with Gasteiger partial charge in [0.05, 0.1) is 18.1 Å². The Morgan fingerprint density at radius 2 is 1.97 bits per heavy atom. The summed E-state index contributed by atoms with van der Waals surface area (Å²) in [5.74, 6) is -1.67. The number of β-lactam (4-membered cyclic amide) rings is 1. The molecule has 1 aliphatic heterocycles. The Morgan fingerprint density at radius 3 is 2.56 bits per heavy atom. The molecule has 10 heteroatoms.